The van der Waals surface area contributed by atoms with Gasteiger partial charge in [0.05, 0.1) is 0 Å². The average molecular weight is 383 g/mol. The number of hydrogen-bond acceptors (Lipinski definition) is 0. The van der Waals surface area contributed by atoms with Crippen LogP contribution in [0, 0.1) is 0 Å². The van der Waals surface area contributed by atoms with Gasteiger partial charge in [-0.3, -0.25) is 0 Å². The molecule has 3 aromatic rings. The van der Waals surface area contributed by atoms with Gasteiger partial charge in [-0.05, 0) is 41.6 Å². The topological polar surface area (TPSA) is 0 Å². The van der Waals surface area contributed by atoms with E-state index < -0.39 is 0 Å². The first-order valence-corrected chi connectivity index (χ1v) is 9.84. The molecular weight excluding hydrogens is 355 g/mol. The second-order valence-electron chi connectivity index (χ2n) is 6.72. The summed E-state index contributed by atoms with van der Waals surface area (Å²) in [5.74, 6) is 0. The maximum absolute atomic E-state index is 3.05. The molecule has 2 atom stereocenters. The van der Waals surface area contributed by atoms with Gasteiger partial charge >= 0.3 is 0 Å². The Morgan fingerprint density at radius 1 is 0.731 bits per heavy atom. The first-order chi connectivity index (χ1) is 12.3. The monoisotopic (exact) mass is 382 g/mol. The van der Waals surface area contributed by atoms with E-state index in [0.717, 1.165) is 19.3 Å². The third-order valence-electron chi connectivity index (χ3n) is 5.37. The van der Waals surface area contributed by atoms with Crippen LogP contribution in [0.1, 0.15) is 48.5 Å². The van der Waals surface area contributed by atoms with E-state index in [4.69, 9.17) is 0 Å². The van der Waals surface area contributed by atoms with Crippen molar-refractivity contribution in [3.8, 4) is 0 Å². The second kappa shape index (κ2) is 9.91. The largest absolute Gasteiger partial charge is 0.147 e. The minimum absolute atomic E-state index is 0. The van der Waals surface area contributed by atoms with Crippen LogP contribution in [-0.4, -0.2) is 0 Å². The molecule has 136 valence electrons. The highest BCUT2D eigenvalue weighted by molar-refractivity contribution is 7.17. The minimum atomic E-state index is 0. The van der Waals surface area contributed by atoms with E-state index in [9.17, 15) is 0 Å². The maximum Gasteiger partial charge on any atom is 0.0200 e. The van der Waals surface area contributed by atoms with Crippen LogP contribution in [0.3, 0.4) is 0 Å². The summed E-state index contributed by atoms with van der Waals surface area (Å²) < 4.78 is 0. The molecule has 0 heterocycles. The van der Waals surface area contributed by atoms with Crippen molar-refractivity contribution in [3.63, 3.8) is 0 Å². The van der Waals surface area contributed by atoms with E-state index in [1.54, 1.807) is 0 Å². The minimum Gasteiger partial charge on any atom is -0.147 e. The summed E-state index contributed by atoms with van der Waals surface area (Å²) in [5, 5.41) is 0. The van der Waals surface area contributed by atoms with Crippen LogP contribution in [0.4, 0.5) is 0 Å². The first kappa shape index (κ1) is 20.7. The molecule has 0 aromatic heterocycles. The molecule has 0 N–H and O–H groups in total. The molecule has 0 spiro atoms. The van der Waals surface area contributed by atoms with Crippen LogP contribution >= 0.6 is 21.6 Å². The Bertz CT molecular complexity index is 716. The molecule has 0 saturated carbocycles. The molecule has 0 fully saturated rings. The lowest BCUT2D eigenvalue weighted by molar-refractivity contribution is 0.438. The zero-order chi connectivity index (χ0) is 17.5. The molecule has 3 aromatic carbocycles. The molecule has 0 saturated heterocycles. The quantitative estimate of drug-likeness (QED) is 0.379. The Kier molecular flexibility index (Phi) is 7.88. The molecule has 0 aliphatic heterocycles. The van der Waals surface area contributed by atoms with E-state index in [2.05, 4.69) is 107 Å². The van der Waals surface area contributed by atoms with Gasteiger partial charge in [0.1, 0.15) is 0 Å². The standard InChI is InChI=1S/C24H27P.ClH/c1-2-24(21-14-8-4-9-15-21,22-16-10-5-11-17-22)19-18-23(25)20-12-6-3-7-13-20;/h3-17,23H,2,18-19,25H2,1H3;1H. The van der Waals surface area contributed by atoms with Crippen molar-refractivity contribution in [1.82, 2.24) is 0 Å². The van der Waals surface area contributed by atoms with Crippen LogP contribution in [0.25, 0.3) is 0 Å². The highest BCUT2D eigenvalue weighted by Crippen LogP contribution is 2.42. The highest BCUT2D eigenvalue weighted by Gasteiger charge is 2.32. The van der Waals surface area contributed by atoms with Crippen molar-refractivity contribution in [2.24, 2.45) is 0 Å². The fourth-order valence-electron chi connectivity index (χ4n) is 3.82. The van der Waals surface area contributed by atoms with Crippen molar-refractivity contribution in [1.29, 1.82) is 0 Å². The number of benzene rings is 3. The summed E-state index contributed by atoms with van der Waals surface area (Å²) in [4.78, 5) is 0. The van der Waals surface area contributed by atoms with Gasteiger partial charge in [0.2, 0.25) is 0 Å². The summed E-state index contributed by atoms with van der Waals surface area (Å²) in [6.07, 6.45) is 3.39. The van der Waals surface area contributed by atoms with E-state index in [1.165, 1.54) is 16.7 Å². The first-order valence-electron chi connectivity index (χ1n) is 9.18. The molecule has 26 heavy (non-hydrogen) atoms. The summed E-state index contributed by atoms with van der Waals surface area (Å²) in [5.41, 5.74) is 4.81. The maximum atomic E-state index is 3.05. The van der Waals surface area contributed by atoms with E-state index in [0.29, 0.717) is 5.66 Å². The lowest BCUT2D eigenvalue weighted by Gasteiger charge is -2.35. The van der Waals surface area contributed by atoms with Crippen LogP contribution in [0.15, 0.2) is 91.0 Å². The average Bonchev–Trinajstić information content (AvgIpc) is 2.71. The summed E-state index contributed by atoms with van der Waals surface area (Å²) >= 11 is 0. The van der Waals surface area contributed by atoms with Crippen LogP contribution < -0.4 is 0 Å². The molecule has 3 rings (SSSR count). The number of halogens is 1. The molecule has 0 bridgehead atoms. The van der Waals surface area contributed by atoms with Crippen LogP contribution in [0.2, 0.25) is 0 Å². The fourth-order valence-corrected chi connectivity index (χ4v) is 4.21. The van der Waals surface area contributed by atoms with Crippen molar-refractivity contribution in [3.05, 3.63) is 108 Å². The van der Waals surface area contributed by atoms with Crippen LogP contribution in [-0.2, 0) is 5.41 Å². The van der Waals surface area contributed by atoms with Gasteiger partial charge in [0, 0.05) is 5.41 Å². The summed E-state index contributed by atoms with van der Waals surface area (Å²) in [6.45, 7) is 2.32. The van der Waals surface area contributed by atoms with Gasteiger partial charge in [-0.1, -0.05) is 97.9 Å². The zero-order valence-electron chi connectivity index (χ0n) is 15.3. The number of rotatable bonds is 7. The van der Waals surface area contributed by atoms with Crippen molar-refractivity contribution in [2.45, 2.75) is 37.3 Å². The molecule has 2 heteroatoms. The predicted octanol–water partition coefficient (Wildman–Crippen LogP) is 7.20. The molecular formula is C24H28ClP. The molecule has 0 aliphatic rings. The number of hydrogen-bond donors (Lipinski definition) is 0. The summed E-state index contributed by atoms with van der Waals surface area (Å²) in [6, 6.07) is 32.8. The Balaban J connectivity index is 0.00000243. The molecule has 0 nitrogen and oxygen atoms in total. The van der Waals surface area contributed by atoms with Crippen molar-refractivity contribution < 1.29 is 0 Å². The van der Waals surface area contributed by atoms with E-state index >= 15 is 0 Å². The zero-order valence-corrected chi connectivity index (χ0v) is 17.3. The second-order valence-corrected chi connectivity index (χ2v) is 7.53. The third kappa shape index (κ3) is 4.56. The van der Waals surface area contributed by atoms with Crippen LogP contribution in [0.5, 0.6) is 0 Å². The smallest absolute Gasteiger partial charge is 0.0200 e. The van der Waals surface area contributed by atoms with Gasteiger partial charge < -0.3 is 0 Å². The molecule has 2 unspecified atom stereocenters. The van der Waals surface area contributed by atoms with E-state index in [-0.39, 0.29) is 17.8 Å². The SMILES string of the molecule is CCC(CCC(P)c1ccccc1)(c1ccccc1)c1ccccc1.Cl. The van der Waals surface area contributed by atoms with E-state index in [1.807, 2.05) is 0 Å². The molecule has 0 amide bonds. The lowest BCUT2D eigenvalue weighted by Crippen LogP contribution is -2.27. The molecule has 0 aliphatic carbocycles. The lowest BCUT2D eigenvalue weighted by atomic mass is 9.69. The Morgan fingerprint density at radius 2 is 1.15 bits per heavy atom. The van der Waals surface area contributed by atoms with Gasteiger partial charge in [0.15, 0.2) is 0 Å². The third-order valence-corrected chi connectivity index (χ3v) is 6.08. The molecule has 0 radical (unpaired) electrons. The van der Waals surface area contributed by atoms with Crippen molar-refractivity contribution in [2.75, 3.05) is 0 Å². The summed E-state index contributed by atoms with van der Waals surface area (Å²) in [7, 11) is 3.05. The normalized spacial score (nSPS) is 12.2. The van der Waals surface area contributed by atoms with Crippen molar-refractivity contribution >= 4 is 21.6 Å². The fraction of sp³-hybridized carbons (Fsp3) is 0.250. The Hall–Kier alpha value is -1.62. The van der Waals surface area contributed by atoms with Gasteiger partial charge in [-0.2, -0.15) is 0 Å². The Morgan fingerprint density at radius 3 is 1.58 bits per heavy atom. The predicted molar refractivity (Wildman–Crippen MR) is 119 cm³/mol. The van der Waals surface area contributed by atoms with Gasteiger partial charge in [-0.15, -0.1) is 21.6 Å². The van der Waals surface area contributed by atoms with Gasteiger partial charge in [-0.25, -0.2) is 0 Å². The Labute approximate surface area is 166 Å². The van der Waals surface area contributed by atoms with Gasteiger partial charge in [0.25, 0.3) is 0 Å². The highest BCUT2D eigenvalue weighted by atomic mass is 35.5.